The zero-order chi connectivity index (χ0) is 19.2. The first-order chi connectivity index (χ1) is 12.3. The van der Waals surface area contributed by atoms with Crippen LogP contribution in [0.3, 0.4) is 0 Å². The molecule has 1 aromatic heterocycles. The summed E-state index contributed by atoms with van der Waals surface area (Å²) in [4.78, 5) is 28.5. The molecule has 0 aromatic carbocycles. The Hall–Kier alpha value is -1.47. The standard InChI is InChI=1S/C19H31N3O3S/c1-19(2,3)18(24)21-11-13-5-7-14(8-6-13)16(17-20-9-10-26-17)22-15(23)12-25-4/h9-10,13-14,16H,5-8,11-12H2,1-4H3,(H,21,24)(H,22,23)/t13?,14?,16-/m1/s1. The fourth-order valence-electron chi connectivity index (χ4n) is 3.34. The van der Waals surface area contributed by atoms with Gasteiger partial charge in [0.2, 0.25) is 11.8 Å². The number of carbonyl (C=O) groups excluding carboxylic acids is 2. The van der Waals surface area contributed by atoms with E-state index in [2.05, 4.69) is 15.6 Å². The lowest BCUT2D eigenvalue weighted by molar-refractivity contribution is -0.129. The van der Waals surface area contributed by atoms with E-state index in [0.717, 1.165) is 37.2 Å². The van der Waals surface area contributed by atoms with Gasteiger partial charge in [-0.05, 0) is 37.5 Å². The Morgan fingerprint density at radius 3 is 2.54 bits per heavy atom. The number of ether oxygens (including phenoxy) is 1. The Labute approximate surface area is 160 Å². The van der Waals surface area contributed by atoms with Gasteiger partial charge in [-0.1, -0.05) is 20.8 Å². The lowest BCUT2D eigenvalue weighted by Crippen LogP contribution is -2.40. The molecule has 0 unspecified atom stereocenters. The zero-order valence-corrected chi connectivity index (χ0v) is 17.0. The highest BCUT2D eigenvalue weighted by Crippen LogP contribution is 2.37. The van der Waals surface area contributed by atoms with Crippen LogP contribution in [0, 0.1) is 17.3 Å². The van der Waals surface area contributed by atoms with Gasteiger partial charge in [0, 0.05) is 30.6 Å². The molecular weight excluding hydrogens is 350 g/mol. The van der Waals surface area contributed by atoms with Crippen LogP contribution in [-0.2, 0) is 14.3 Å². The summed E-state index contributed by atoms with van der Waals surface area (Å²) in [5, 5.41) is 9.07. The van der Waals surface area contributed by atoms with Crippen molar-refractivity contribution in [2.24, 2.45) is 17.3 Å². The summed E-state index contributed by atoms with van der Waals surface area (Å²) < 4.78 is 4.94. The summed E-state index contributed by atoms with van der Waals surface area (Å²) in [6.45, 7) is 6.60. The summed E-state index contributed by atoms with van der Waals surface area (Å²) in [5.74, 6) is 0.875. The minimum atomic E-state index is -0.348. The molecular formula is C19H31N3O3S. The number of hydrogen-bond acceptors (Lipinski definition) is 5. The number of aromatic nitrogens is 1. The second-order valence-electron chi connectivity index (χ2n) is 8.09. The molecule has 1 heterocycles. The normalized spacial score (nSPS) is 21.8. The van der Waals surface area contributed by atoms with Crippen LogP contribution in [0.4, 0.5) is 0 Å². The van der Waals surface area contributed by atoms with Gasteiger partial charge in [-0.15, -0.1) is 11.3 Å². The molecule has 0 aliphatic heterocycles. The Morgan fingerprint density at radius 2 is 2.00 bits per heavy atom. The van der Waals surface area contributed by atoms with E-state index in [1.807, 2.05) is 26.2 Å². The summed E-state index contributed by atoms with van der Waals surface area (Å²) in [6.07, 6.45) is 5.93. The topological polar surface area (TPSA) is 80.3 Å². The Balaban J connectivity index is 1.88. The molecule has 2 amide bonds. The quantitative estimate of drug-likeness (QED) is 0.761. The van der Waals surface area contributed by atoms with Crippen molar-refractivity contribution in [2.45, 2.75) is 52.5 Å². The van der Waals surface area contributed by atoms with Crippen LogP contribution in [0.25, 0.3) is 0 Å². The average Bonchev–Trinajstić information content (AvgIpc) is 3.12. The van der Waals surface area contributed by atoms with Gasteiger partial charge < -0.3 is 15.4 Å². The minimum absolute atomic E-state index is 0.0530. The maximum absolute atomic E-state index is 12.0. The molecule has 1 atom stereocenters. The van der Waals surface area contributed by atoms with Gasteiger partial charge in [0.15, 0.2) is 0 Å². The Bertz CT molecular complexity index is 575. The molecule has 0 saturated heterocycles. The zero-order valence-electron chi connectivity index (χ0n) is 16.2. The molecule has 2 rings (SSSR count). The van der Waals surface area contributed by atoms with Crippen molar-refractivity contribution in [1.82, 2.24) is 15.6 Å². The van der Waals surface area contributed by atoms with Crippen molar-refractivity contribution < 1.29 is 14.3 Å². The Morgan fingerprint density at radius 1 is 1.31 bits per heavy atom. The van der Waals surface area contributed by atoms with Crippen LogP contribution in [0.15, 0.2) is 11.6 Å². The predicted molar refractivity (Wildman–Crippen MR) is 103 cm³/mol. The Kier molecular flexibility index (Phi) is 7.58. The molecule has 2 N–H and O–H groups in total. The van der Waals surface area contributed by atoms with E-state index in [0.29, 0.717) is 11.8 Å². The molecule has 6 nitrogen and oxygen atoms in total. The first-order valence-corrected chi connectivity index (χ1v) is 10.1. The van der Waals surface area contributed by atoms with Crippen LogP contribution in [-0.4, -0.2) is 37.1 Å². The molecule has 1 aliphatic carbocycles. The number of hydrogen-bond donors (Lipinski definition) is 2. The van der Waals surface area contributed by atoms with E-state index >= 15 is 0 Å². The van der Waals surface area contributed by atoms with Gasteiger partial charge in [-0.3, -0.25) is 9.59 Å². The molecule has 0 spiro atoms. The van der Waals surface area contributed by atoms with Crippen molar-refractivity contribution in [2.75, 3.05) is 20.3 Å². The monoisotopic (exact) mass is 381 g/mol. The predicted octanol–water partition coefficient (Wildman–Crippen LogP) is 2.92. The third-order valence-electron chi connectivity index (χ3n) is 4.90. The highest BCUT2D eigenvalue weighted by molar-refractivity contribution is 7.09. The van der Waals surface area contributed by atoms with E-state index in [1.165, 1.54) is 7.11 Å². The van der Waals surface area contributed by atoms with Gasteiger partial charge in [0.25, 0.3) is 0 Å². The third-order valence-corrected chi connectivity index (χ3v) is 5.76. The average molecular weight is 382 g/mol. The largest absolute Gasteiger partial charge is 0.375 e. The molecule has 26 heavy (non-hydrogen) atoms. The SMILES string of the molecule is COCC(=O)N[C@@H](c1nccs1)C1CCC(CNC(=O)C(C)(C)C)CC1. The molecule has 1 aromatic rings. The second-order valence-corrected chi connectivity index (χ2v) is 9.02. The summed E-state index contributed by atoms with van der Waals surface area (Å²) >= 11 is 1.58. The second kappa shape index (κ2) is 9.46. The molecule has 0 bridgehead atoms. The number of carbonyl (C=O) groups is 2. The van der Waals surface area contributed by atoms with Crippen LogP contribution < -0.4 is 10.6 Å². The first kappa shape index (κ1) is 20.8. The number of thiazole rings is 1. The van der Waals surface area contributed by atoms with E-state index in [1.54, 1.807) is 17.5 Å². The van der Waals surface area contributed by atoms with Gasteiger partial charge >= 0.3 is 0 Å². The highest BCUT2D eigenvalue weighted by atomic mass is 32.1. The number of rotatable bonds is 7. The summed E-state index contributed by atoms with van der Waals surface area (Å²) in [7, 11) is 1.52. The van der Waals surface area contributed by atoms with Crippen molar-refractivity contribution in [3.63, 3.8) is 0 Å². The number of nitrogens with zero attached hydrogens (tertiary/aromatic N) is 1. The summed E-state index contributed by atoms with van der Waals surface area (Å²) in [5.41, 5.74) is -0.348. The van der Waals surface area contributed by atoms with Gasteiger partial charge in [-0.25, -0.2) is 4.98 Å². The fourth-order valence-corrected chi connectivity index (χ4v) is 4.12. The highest BCUT2D eigenvalue weighted by Gasteiger charge is 2.31. The van der Waals surface area contributed by atoms with Gasteiger partial charge in [-0.2, -0.15) is 0 Å². The van der Waals surface area contributed by atoms with Crippen LogP contribution in [0.5, 0.6) is 0 Å². The first-order valence-electron chi connectivity index (χ1n) is 9.27. The smallest absolute Gasteiger partial charge is 0.246 e. The third kappa shape index (κ3) is 6.06. The van der Waals surface area contributed by atoms with Gasteiger partial charge in [0.05, 0.1) is 6.04 Å². The van der Waals surface area contributed by atoms with Crippen molar-refractivity contribution in [3.05, 3.63) is 16.6 Å². The lowest BCUT2D eigenvalue weighted by atomic mass is 9.78. The van der Waals surface area contributed by atoms with Crippen molar-refractivity contribution in [3.8, 4) is 0 Å². The lowest BCUT2D eigenvalue weighted by Gasteiger charge is -2.34. The van der Waals surface area contributed by atoms with Crippen LogP contribution in [0.2, 0.25) is 0 Å². The van der Waals surface area contributed by atoms with E-state index in [9.17, 15) is 9.59 Å². The molecule has 1 saturated carbocycles. The molecule has 7 heteroatoms. The fraction of sp³-hybridized carbons (Fsp3) is 0.737. The number of nitrogens with one attached hydrogen (secondary N) is 2. The van der Waals surface area contributed by atoms with Crippen LogP contribution >= 0.6 is 11.3 Å². The molecule has 0 radical (unpaired) electrons. The molecule has 1 aliphatic rings. The van der Waals surface area contributed by atoms with Crippen LogP contribution in [0.1, 0.15) is 57.5 Å². The van der Waals surface area contributed by atoms with E-state index < -0.39 is 0 Å². The molecule has 146 valence electrons. The number of amides is 2. The number of methoxy groups -OCH3 is 1. The molecule has 1 fully saturated rings. The van der Waals surface area contributed by atoms with Crippen molar-refractivity contribution >= 4 is 23.2 Å². The summed E-state index contributed by atoms with van der Waals surface area (Å²) in [6, 6.07) is -0.0530. The van der Waals surface area contributed by atoms with E-state index in [4.69, 9.17) is 4.74 Å². The van der Waals surface area contributed by atoms with Gasteiger partial charge in [0.1, 0.15) is 11.6 Å². The maximum Gasteiger partial charge on any atom is 0.246 e. The maximum atomic E-state index is 12.0. The minimum Gasteiger partial charge on any atom is -0.375 e. The van der Waals surface area contributed by atoms with Crippen molar-refractivity contribution in [1.29, 1.82) is 0 Å². The van der Waals surface area contributed by atoms with E-state index in [-0.39, 0.29) is 29.9 Å².